The van der Waals surface area contributed by atoms with Crippen LogP contribution in [0.1, 0.15) is 64.2 Å². The first kappa shape index (κ1) is 45.6. The zero-order chi connectivity index (χ0) is 47.3. The molecule has 5 heterocycles. The predicted octanol–water partition coefficient (Wildman–Crippen LogP) is 9.20. The number of nitrogens with zero attached hydrogens (tertiary/aromatic N) is 2. The molecule has 0 unspecified atom stereocenters. The molecule has 0 radical (unpaired) electrons. The van der Waals surface area contributed by atoms with E-state index in [0.717, 1.165) is 0 Å². The molecule has 0 saturated carbocycles. The molecule has 17 heteroatoms. The molecular formula is C51H36MnN4O12+3. The van der Waals surface area contributed by atoms with E-state index in [1.165, 1.54) is 69.9 Å². The number of nitrogens with one attached hydrogen (secondary N) is 2. The average molecular weight is 952 g/mol. The smallest absolute Gasteiger partial charge is 0.507 e. The number of aromatic amines is 2. The molecule has 3 aromatic heterocycles. The van der Waals surface area contributed by atoms with E-state index in [-0.39, 0.29) is 56.6 Å². The Kier molecular flexibility index (Phi) is 12.2. The van der Waals surface area contributed by atoms with Crippen LogP contribution in [-0.2, 0) is 31.3 Å². The molecule has 8 bridgehead atoms. The maximum Gasteiger partial charge on any atom is 3.00 e. The third kappa shape index (κ3) is 8.08. The van der Waals surface area contributed by atoms with E-state index in [2.05, 4.69) is 9.97 Å². The summed E-state index contributed by atoms with van der Waals surface area (Å²) in [6, 6.07) is 24.7. The number of methoxy groups -OCH3 is 3. The molecular weight excluding hydrogens is 916 g/mol. The van der Waals surface area contributed by atoms with Crippen LogP contribution in [0.5, 0.6) is 23.0 Å². The predicted molar refractivity (Wildman–Crippen MR) is 248 cm³/mol. The van der Waals surface area contributed by atoms with Crippen molar-refractivity contribution in [2.24, 2.45) is 0 Å². The van der Waals surface area contributed by atoms with E-state index in [9.17, 15) is 44.7 Å². The number of carbonyl (C=O) groups is 4. The molecule has 336 valence electrons. The van der Waals surface area contributed by atoms with Crippen molar-refractivity contribution in [3.63, 3.8) is 0 Å². The number of carboxylic acids is 1. The first-order valence-electron chi connectivity index (χ1n) is 20.3. The Balaban J connectivity index is 0.00000625. The van der Waals surface area contributed by atoms with Crippen molar-refractivity contribution in [1.29, 1.82) is 0 Å². The topological polar surface area (TPSA) is 254 Å². The Labute approximate surface area is 395 Å². The van der Waals surface area contributed by atoms with E-state index in [1.807, 2.05) is 0 Å². The molecule has 7 aromatic rings. The Morgan fingerprint density at radius 1 is 0.412 bits per heavy atom. The van der Waals surface area contributed by atoms with Crippen LogP contribution < -0.4 is 0 Å². The summed E-state index contributed by atoms with van der Waals surface area (Å²) in [5.74, 6) is -5.12. The van der Waals surface area contributed by atoms with Crippen molar-refractivity contribution in [1.82, 2.24) is 19.9 Å². The van der Waals surface area contributed by atoms with Crippen LogP contribution in [0.15, 0.2) is 97.1 Å². The van der Waals surface area contributed by atoms with E-state index >= 15 is 0 Å². The summed E-state index contributed by atoms with van der Waals surface area (Å²) in [5, 5.41) is 54.1. The maximum atomic E-state index is 12.5. The number of ether oxygens (including phenoxy) is 3. The number of fused-ring (bicyclic) bond motifs is 8. The number of aromatic hydroxyl groups is 4. The van der Waals surface area contributed by atoms with Crippen molar-refractivity contribution >= 4 is 70.2 Å². The zero-order valence-electron chi connectivity index (χ0n) is 35.9. The van der Waals surface area contributed by atoms with Gasteiger partial charge in [-0.15, -0.1) is 0 Å². The molecule has 0 saturated heterocycles. The average Bonchev–Trinajstić information content (AvgIpc) is 4.17. The number of phenols is 4. The van der Waals surface area contributed by atoms with E-state index in [4.69, 9.17) is 24.2 Å². The standard InChI is InChI=1S/C51H36N4O12.Mn/c1-65-49(62)29-9-5-25(21-41(29)57)45-34-14-12-32(52-34)44(24-4-8-28(48(60)61)40(56)20-24)33-13-15-35(53-33)46(26-6-10-30(42(58)22-26)50(63)66-2)37-17-19-39(55-37)47(38-18-16-36(45)54-38)27-7-11-31(43(59)23-27)51(64)67-3;/h4-23,52,55-59H,1-3H3,(H,60,61);/q;+3. The second kappa shape index (κ2) is 18.2. The molecule has 68 heavy (non-hydrogen) atoms. The monoisotopic (exact) mass is 951 g/mol. The van der Waals surface area contributed by atoms with E-state index in [0.29, 0.717) is 89.4 Å². The van der Waals surface area contributed by atoms with Crippen LogP contribution >= 0.6 is 0 Å². The van der Waals surface area contributed by atoms with Gasteiger partial charge in [-0.3, -0.25) is 0 Å². The number of hydrogen-bond acceptors (Lipinski definition) is 13. The Bertz CT molecular complexity index is 3470. The summed E-state index contributed by atoms with van der Waals surface area (Å²) >= 11 is 0. The summed E-state index contributed by atoms with van der Waals surface area (Å²) in [5.41, 5.74) is 6.52. The molecule has 2 aliphatic heterocycles. The number of carbonyl (C=O) groups excluding carboxylic acids is 3. The minimum absolute atomic E-state index is 0. The van der Waals surface area contributed by atoms with Gasteiger partial charge in [0.05, 0.1) is 44.1 Å². The van der Waals surface area contributed by atoms with Crippen LogP contribution in [0.2, 0.25) is 0 Å². The molecule has 0 aliphatic carbocycles. The SMILES string of the molecule is COC(=O)c1ccc(-c2c3nc(c(-c4ccc(C(=O)OC)c(O)c4)c4ccc([nH]4)c(-c4ccc(C(=O)OC)c(O)c4)c4nc(c(-c5ccc(C(=O)O)c(O)c5)c5ccc2[nH]5)C=C4)C=C3)cc1O.[Mn+3]. The van der Waals surface area contributed by atoms with Gasteiger partial charge in [-0.2, -0.15) is 0 Å². The summed E-state index contributed by atoms with van der Waals surface area (Å²) in [7, 11) is 3.61. The van der Waals surface area contributed by atoms with Crippen molar-refractivity contribution in [2.75, 3.05) is 21.3 Å². The quantitative estimate of drug-likeness (QED) is 0.0426. The Hall–Kier alpha value is -8.92. The van der Waals surface area contributed by atoms with E-state index < -0.39 is 29.6 Å². The number of rotatable bonds is 8. The number of aromatic carboxylic acids is 1. The summed E-state index contributed by atoms with van der Waals surface area (Å²) < 4.78 is 14.6. The molecule has 9 rings (SSSR count). The zero-order valence-corrected chi connectivity index (χ0v) is 37.1. The van der Waals surface area contributed by atoms with E-state index in [1.54, 1.807) is 72.8 Å². The van der Waals surface area contributed by atoms with Gasteiger partial charge in [0.1, 0.15) is 45.3 Å². The van der Waals surface area contributed by atoms with Crippen molar-refractivity contribution < 1.29 is 76.0 Å². The molecule has 0 amide bonds. The van der Waals surface area contributed by atoms with Gasteiger partial charge >= 0.3 is 40.9 Å². The van der Waals surface area contributed by atoms with Gasteiger partial charge in [-0.1, -0.05) is 24.3 Å². The largest absolute Gasteiger partial charge is 3.00 e. The summed E-state index contributed by atoms with van der Waals surface area (Å²) in [6.07, 6.45) is 6.98. The van der Waals surface area contributed by atoms with Gasteiger partial charge in [0.2, 0.25) is 0 Å². The minimum Gasteiger partial charge on any atom is -0.507 e. The molecule has 2 aliphatic rings. The van der Waals surface area contributed by atoms with Crippen molar-refractivity contribution in [3.05, 3.63) is 142 Å². The van der Waals surface area contributed by atoms with Crippen LogP contribution in [0.3, 0.4) is 0 Å². The van der Waals surface area contributed by atoms with Gasteiger partial charge in [-0.05, 0) is 119 Å². The van der Waals surface area contributed by atoms with Gasteiger partial charge in [0.15, 0.2) is 0 Å². The van der Waals surface area contributed by atoms with Crippen LogP contribution in [0.25, 0.3) is 90.9 Å². The van der Waals surface area contributed by atoms with Crippen LogP contribution in [0.4, 0.5) is 0 Å². The van der Waals surface area contributed by atoms with Gasteiger partial charge < -0.3 is 49.7 Å². The number of aromatic nitrogens is 4. The first-order chi connectivity index (χ1) is 32.3. The van der Waals surface area contributed by atoms with Crippen LogP contribution in [-0.4, -0.2) is 90.7 Å². The first-order valence-corrected chi connectivity index (χ1v) is 20.3. The fraction of sp³-hybridized carbons (Fsp3) is 0.0588. The second-order valence-corrected chi connectivity index (χ2v) is 15.2. The summed E-state index contributed by atoms with van der Waals surface area (Å²) in [4.78, 5) is 66.8. The third-order valence-electron chi connectivity index (χ3n) is 11.3. The molecule has 16 nitrogen and oxygen atoms in total. The van der Waals surface area contributed by atoms with Crippen molar-refractivity contribution in [3.8, 4) is 67.5 Å². The maximum absolute atomic E-state index is 12.5. The third-order valence-corrected chi connectivity index (χ3v) is 11.3. The summed E-state index contributed by atoms with van der Waals surface area (Å²) in [6.45, 7) is 0. The van der Waals surface area contributed by atoms with Gasteiger partial charge in [-0.25, -0.2) is 29.1 Å². The Morgan fingerprint density at radius 3 is 0.882 bits per heavy atom. The second-order valence-electron chi connectivity index (χ2n) is 15.2. The fourth-order valence-corrected chi connectivity index (χ4v) is 8.20. The Morgan fingerprint density at radius 2 is 0.662 bits per heavy atom. The number of benzene rings is 4. The normalized spacial score (nSPS) is 11.5. The fourth-order valence-electron chi connectivity index (χ4n) is 8.20. The van der Waals surface area contributed by atoms with Gasteiger partial charge in [0, 0.05) is 44.3 Å². The number of hydrogen-bond donors (Lipinski definition) is 7. The molecule has 0 atom stereocenters. The minimum atomic E-state index is -1.33. The molecule has 0 spiro atoms. The molecule has 4 aromatic carbocycles. The number of carboxylic acid groups (broad SMARTS) is 1. The number of H-pyrrole nitrogens is 2. The van der Waals surface area contributed by atoms with Crippen LogP contribution in [0, 0.1) is 0 Å². The van der Waals surface area contributed by atoms with Crippen molar-refractivity contribution in [2.45, 2.75) is 0 Å². The molecule has 0 fully saturated rings. The number of phenolic OH excluding ortho intramolecular Hbond substituents is 3. The number of esters is 3. The molecule has 7 N–H and O–H groups in total. The van der Waals surface area contributed by atoms with Gasteiger partial charge in [0.25, 0.3) is 0 Å².